The minimum absolute atomic E-state index is 0.0617. The third-order valence-corrected chi connectivity index (χ3v) is 5.16. The molecule has 202 valence electrons. The van der Waals surface area contributed by atoms with Gasteiger partial charge in [-0.05, 0) is 26.2 Å². The van der Waals surface area contributed by atoms with Crippen molar-refractivity contribution in [3.8, 4) is 0 Å². The molecule has 0 amide bonds. The second kappa shape index (κ2) is 10.9. The van der Waals surface area contributed by atoms with Crippen molar-refractivity contribution in [2.45, 2.75) is 93.6 Å². The third kappa shape index (κ3) is 5.58. The van der Waals surface area contributed by atoms with Gasteiger partial charge >= 0.3 is 41.5 Å². The Balaban J connectivity index is 6.02. The van der Waals surface area contributed by atoms with E-state index in [9.17, 15) is 61.9 Å². The van der Waals surface area contributed by atoms with Crippen LogP contribution in [0.15, 0.2) is 12.7 Å². The van der Waals surface area contributed by atoms with Crippen molar-refractivity contribution in [2.75, 3.05) is 0 Å². The Bertz CT molecular complexity index is 690. The maximum Gasteiger partial charge on any atom is 0.384 e. The molecule has 0 aliphatic heterocycles. The van der Waals surface area contributed by atoms with Crippen LogP contribution in [-0.4, -0.2) is 52.8 Å². The number of carboxylic acids is 1. The molecule has 0 aliphatic rings. The van der Waals surface area contributed by atoms with E-state index in [1.165, 1.54) is 0 Å². The first-order chi connectivity index (χ1) is 15.1. The number of hydrogen-bond donors (Lipinski definition) is 1. The number of alkyl halides is 13. The first-order valence-electron chi connectivity index (χ1n) is 9.83. The zero-order chi connectivity index (χ0) is 27.4. The molecule has 0 heterocycles. The van der Waals surface area contributed by atoms with E-state index in [1.54, 1.807) is 6.08 Å². The van der Waals surface area contributed by atoms with Gasteiger partial charge in [0.1, 0.15) is 5.92 Å². The zero-order valence-corrected chi connectivity index (χ0v) is 17.7. The van der Waals surface area contributed by atoms with E-state index < -0.39 is 73.4 Å². The van der Waals surface area contributed by atoms with Crippen molar-refractivity contribution in [2.24, 2.45) is 5.92 Å². The van der Waals surface area contributed by atoms with E-state index in [-0.39, 0.29) is 12.8 Å². The highest BCUT2D eigenvalue weighted by molar-refractivity contribution is 5.71. The van der Waals surface area contributed by atoms with Crippen LogP contribution in [0.2, 0.25) is 0 Å². The molecule has 34 heavy (non-hydrogen) atoms. The summed E-state index contributed by atoms with van der Waals surface area (Å²) in [6.07, 6.45) is -2.94. The average Bonchev–Trinajstić information content (AvgIpc) is 2.68. The molecule has 2 atom stereocenters. The molecule has 0 saturated heterocycles. The Hall–Kier alpha value is -1.70. The monoisotopic (exact) mass is 530 g/mol. The normalized spacial score (nSPS) is 16.3. The summed E-state index contributed by atoms with van der Waals surface area (Å²) in [7, 11) is 0. The molecule has 0 rings (SSSR count). The highest BCUT2D eigenvalue weighted by atomic mass is 19.4. The molecule has 1 N–H and O–H groups in total. The number of carbonyl (C=O) groups is 1. The van der Waals surface area contributed by atoms with Crippen LogP contribution in [0.1, 0.15) is 51.9 Å². The quantitative estimate of drug-likeness (QED) is 0.126. The van der Waals surface area contributed by atoms with E-state index in [4.69, 9.17) is 5.11 Å². The van der Waals surface area contributed by atoms with Gasteiger partial charge in [0.25, 0.3) is 0 Å². The Morgan fingerprint density at radius 1 is 0.735 bits per heavy atom. The number of carboxylic acid groups (broad SMARTS) is 1. The molecule has 0 aromatic heterocycles. The smallest absolute Gasteiger partial charge is 0.384 e. The second-order valence-corrected chi connectivity index (χ2v) is 7.68. The number of allylic oxidation sites excluding steroid dienone is 1. The topological polar surface area (TPSA) is 37.3 Å². The SMILES string of the molecule is C=CCCCCCCCC(C(=O)O)C(F)(F)C(F)(F)C(F)(F)C(F)(F)C(F)(F)C(F)(F)C(C)F. The molecule has 0 aromatic rings. The van der Waals surface area contributed by atoms with Gasteiger partial charge < -0.3 is 5.11 Å². The van der Waals surface area contributed by atoms with Gasteiger partial charge in [-0.15, -0.1) is 6.58 Å². The molecule has 0 radical (unpaired) electrons. The Kier molecular flexibility index (Phi) is 10.4. The lowest BCUT2D eigenvalue weighted by Crippen LogP contribution is -2.72. The van der Waals surface area contributed by atoms with E-state index in [2.05, 4.69) is 6.58 Å². The lowest BCUT2D eigenvalue weighted by molar-refractivity contribution is -0.431. The summed E-state index contributed by atoms with van der Waals surface area (Å²) < 4.78 is 177. The van der Waals surface area contributed by atoms with Crippen LogP contribution in [0.3, 0.4) is 0 Å². The molecule has 0 aromatic carbocycles. The van der Waals surface area contributed by atoms with Gasteiger partial charge in [0.05, 0.1) is 0 Å². The Morgan fingerprint density at radius 2 is 1.12 bits per heavy atom. The number of hydrogen-bond acceptors (Lipinski definition) is 1. The molecular formula is C19H23F13O2. The Labute approximate surface area is 186 Å². The van der Waals surface area contributed by atoms with E-state index in [0.29, 0.717) is 19.3 Å². The van der Waals surface area contributed by atoms with Gasteiger partial charge in [-0.1, -0.05) is 31.8 Å². The van der Waals surface area contributed by atoms with Gasteiger partial charge in [-0.3, -0.25) is 4.79 Å². The molecular weight excluding hydrogens is 507 g/mol. The van der Waals surface area contributed by atoms with Crippen molar-refractivity contribution in [3.63, 3.8) is 0 Å². The molecule has 2 nitrogen and oxygen atoms in total. The van der Waals surface area contributed by atoms with Crippen LogP contribution in [-0.2, 0) is 4.79 Å². The van der Waals surface area contributed by atoms with Crippen molar-refractivity contribution in [1.82, 2.24) is 0 Å². The zero-order valence-electron chi connectivity index (χ0n) is 17.7. The van der Waals surface area contributed by atoms with Crippen LogP contribution in [0.25, 0.3) is 0 Å². The van der Waals surface area contributed by atoms with Gasteiger partial charge in [0.2, 0.25) is 0 Å². The Morgan fingerprint density at radius 3 is 1.50 bits per heavy atom. The van der Waals surface area contributed by atoms with Gasteiger partial charge in [0, 0.05) is 0 Å². The summed E-state index contributed by atoms with van der Waals surface area (Å²) in [4.78, 5) is 11.0. The lowest BCUT2D eigenvalue weighted by atomic mass is 9.83. The first kappa shape index (κ1) is 32.3. The summed E-state index contributed by atoms with van der Waals surface area (Å²) in [6, 6.07) is 0. The summed E-state index contributed by atoms with van der Waals surface area (Å²) in [5.74, 6) is -50.9. The minimum atomic E-state index is -7.93. The largest absolute Gasteiger partial charge is 0.481 e. The molecule has 0 saturated carbocycles. The van der Waals surface area contributed by atoms with Crippen molar-refractivity contribution in [1.29, 1.82) is 0 Å². The fourth-order valence-electron chi connectivity index (χ4n) is 2.91. The summed E-state index contributed by atoms with van der Waals surface area (Å²) >= 11 is 0. The summed E-state index contributed by atoms with van der Waals surface area (Å²) in [5, 5.41) is 8.80. The third-order valence-electron chi connectivity index (χ3n) is 5.16. The fraction of sp³-hybridized carbons (Fsp3) is 0.842. The second-order valence-electron chi connectivity index (χ2n) is 7.68. The lowest BCUT2D eigenvalue weighted by Gasteiger charge is -2.42. The number of halogens is 13. The van der Waals surface area contributed by atoms with Crippen LogP contribution in [0.4, 0.5) is 57.1 Å². The predicted molar refractivity (Wildman–Crippen MR) is 93.9 cm³/mol. The van der Waals surface area contributed by atoms with Gasteiger partial charge in [-0.2, -0.15) is 52.7 Å². The van der Waals surface area contributed by atoms with E-state index >= 15 is 0 Å². The summed E-state index contributed by atoms with van der Waals surface area (Å²) in [5.41, 5.74) is 0. The predicted octanol–water partition coefficient (Wildman–Crippen LogP) is 7.77. The maximum absolute atomic E-state index is 14.2. The first-order valence-corrected chi connectivity index (χ1v) is 9.83. The van der Waals surface area contributed by atoms with Crippen molar-refractivity contribution in [3.05, 3.63) is 12.7 Å². The van der Waals surface area contributed by atoms with E-state index in [0.717, 1.165) is 0 Å². The molecule has 2 unspecified atom stereocenters. The van der Waals surface area contributed by atoms with Crippen LogP contribution in [0, 0.1) is 5.92 Å². The molecule has 0 spiro atoms. The van der Waals surface area contributed by atoms with Crippen molar-refractivity contribution >= 4 is 5.97 Å². The summed E-state index contributed by atoms with van der Waals surface area (Å²) in [6.45, 7) is 2.94. The number of unbranched alkanes of at least 4 members (excludes halogenated alkanes) is 5. The molecule has 0 fully saturated rings. The van der Waals surface area contributed by atoms with Gasteiger partial charge in [0.15, 0.2) is 6.17 Å². The maximum atomic E-state index is 14.2. The highest BCUT2D eigenvalue weighted by Crippen LogP contribution is 2.62. The highest BCUT2D eigenvalue weighted by Gasteiger charge is 2.91. The molecule has 15 heteroatoms. The minimum Gasteiger partial charge on any atom is -0.481 e. The van der Waals surface area contributed by atoms with Crippen LogP contribution < -0.4 is 0 Å². The average molecular weight is 530 g/mol. The number of aliphatic carboxylic acids is 1. The standard InChI is InChI=1S/C19H23F13O2/c1-3-4-5-6-7-8-9-10-12(13(33)34)15(23,24)17(27,28)19(31,32)18(29,30)16(25,26)14(21,22)11(2)20/h3,11-12H,1,4-10H2,2H3,(H,33,34). The van der Waals surface area contributed by atoms with Crippen molar-refractivity contribution < 1.29 is 67.0 Å². The van der Waals surface area contributed by atoms with Gasteiger partial charge in [-0.25, -0.2) is 4.39 Å². The van der Waals surface area contributed by atoms with Crippen LogP contribution >= 0.6 is 0 Å². The molecule has 0 bridgehead atoms. The van der Waals surface area contributed by atoms with E-state index in [1.807, 2.05) is 0 Å². The van der Waals surface area contributed by atoms with Crippen LogP contribution in [0.5, 0.6) is 0 Å². The fourth-order valence-corrected chi connectivity index (χ4v) is 2.91. The molecule has 0 aliphatic carbocycles. The number of rotatable bonds is 16.